The first-order chi connectivity index (χ1) is 12.7. The van der Waals surface area contributed by atoms with Crippen molar-refractivity contribution in [3.05, 3.63) is 64.1 Å². The average molecular weight is 380 g/mol. The smallest absolute Gasteiger partial charge is 0.406 e. The summed E-state index contributed by atoms with van der Waals surface area (Å²) >= 11 is 0. The highest BCUT2D eigenvalue weighted by Gasteiger charge is 2.40. The van der Waals surface area contributed by atoms with Crippen molar-refractivity contribution in [1.82, 2.24) is 9.88 Å². The second kappa shape index (κ2) is 7.09. The van der Waals surface area contributed by atoms with Gasteiger partial charge >= 0.3 is 6.36 Å². The number of benzene rings is 1. The molecular formula is C19H19F3N2O3. The fraction of sp³-hybridized carbons (Fsp3) is 0.368. The standard InChI is InChI=1S/C19H19F3N2O3/c1-18(12-13-3-5-15(6-4-13)27-19(20,21)22)8-2-10-24(18)17(26)14-7-9-23-16(25)11-14/h3-7,9,11H,2,8,10,12H2,1H3,(H,23,25). The second-order valence-electron chi connectivity index (χ2n) is 6.87. The Morgan fingerprint density at radius 1 is 1.26 bits per heavy atom. The first-order valence-electron chi connectivity index (χ1n) is 8.52. The topological polar surface area (TPSA) is 62.4 Å². The summed E-state index contributed by atoms with van der Waals surface area (Å²) in [7, 11) is 0. The van der Waals surface area contributed by atoms with Crippen LogP contribution in [0.2, 0.25) is 0 Å². The maximum atomic E-state index is 12.8. The third-order valence-electron chi connectivity index (χ3n) is 4.76. The summed E-state index contributed by atoms with van der Waals surface area (Å²) in [6, 6.07) is 8.51. The molecule has 1 aliphatic rings. The number of amides is 1. The molecule has 1 aromatic heterocycles. The Balaban J connectivity index is 1.76. The molecule has 8 heteroatoms. The van der Waals surface area contributed by atoms with Crippen molar-refractivity contribution < 1.29 is 22.7 Å². The Bertz CT molecular complexity index is 877. The van der Waals surface area contributed by atoms with Crippen LogP contribution in [0.5, 0.6) is 5.75 Å². The summed E-state index contributed by atoms with van der Waals surface area (Å²) < 4.78 is 40.7. The fourth-order valence-electron chi connectivity index (χ4n) is 3.54. The number of hydrogen-bond donors (Lipinski definition) is 1. The Labute approximate surface area is 153 Å². The van der Waals surface area contributed by atoms with Gasteiger partial charge in [0, 0.05) is 29.9 Å². The number of nitrogens with one attached hydrogen (secondary N) is 1. The highest BCUT2D eigenvalue weighted by Crippen LogP contribution is 2.34. The Hall–Kier alpha value is -2.77. The molecule has 1 fully saturated rings. The molecule has 0 aliphatic carbocycles. The quantitative estimate of drug-likeness (QED) is 0.883. The third-order valence-corrected chi connectivity index (χ3v) is 4.76. The monoisotopic (exact) mass is 380 g/mol. The first-order valence-corrected chi connectivity index (χ1v) is 8.52. The summed E-state index contributed by atoms with van der Waals surface area (Å²) in [6.07, 6.45) is -1.21. The van der Waals surface area contributed by atoms with Crippen molar-refractivity contribution in [2.45, 2.75) is 38.1 Å². The number of pyridine rings is 1. The third kappa shape index (κ3) is 4.50. The number of ether oxygens (including phenoxy) is 1. The zero-order valence-electron chi connectivity index (χ0n) is 14.7. The van der Waals surface area contributed by atoms with Gasteiger partial charge in [-0.05, 0) is 49.9 Å². The predicted octanol–water partition coefficient (Wildman–Crippen LogP) is 3.51. The zero-order chi connectivity index (χ0) is 19.7. The van der Waals surface area contributed by atoms with E-state index < -0.39 is 11.9 Å². The number of hydrogen-bond acceptors (Lipinski definition) is 3. The van der Waals surface area contributed by atoms with Crippen LogP contribution in [0.1, 0.15) is 35.7 Å². The van der Waals surface area contributed by atoms with Crippen LogP contribution in [0.4, 0.5) is 13.2 Å². The molecule has 1 saturated heterocycles. The minimum absolute atomic E-state index is 0.224. The lowest BCUT2D eigenvalue weighted by Crippen LogP contribution is -2.46. The largest absolute Gasteiger partial charge is 0.573 e. The van der Waals surface area contributed by atoms with Crippen LogP contribution in [0.25, 0.3) is 0 Å². The van der Waals surface area contributed by atoms with Gasteiger partial charge in [-0.1, -0.05) is 12.1 Å². The van der Waals surface area contributed by atoms with E-state index in [4.69, 9.17) is 0 Å². The lowest BCUT2D eigenvalue weighted by atomic mass is 9.89. The zero-order valence-corrected chi connectivity index (χ0v) is 14.7. The molecule has 1 amide bonds. The van der Waals surface area contributed by atoms with Crippen LogP contribution in [-0.2, 0) is 6.42 Å². The lowest BCUT2D eigenvalue weighted by Gasteiger charge is -2.35. The van der Waals surface area contributed by atoms with Crippen LogP contribution in [-0.4, -0.2) is 34.2 Å². The van der Waals surface area contributed by atoms with Gasteiger partial charge < -0.3 is 14.6 Å². The SMILES string of the molecule is CC1(Cc2ccc(OC(F)(F)F)cc2)CCCN1C(=O)c1cc[nH]c(=O)c1. The predicted molar refractivity (Wildman–Crippen MR) is 92.6 cm³/mol. The molecule has 27 heavy (non-hydrogen) atoms. The number of halogens is 3. The van der Waals surface area contributed by atoms with E-state index >= 15 is 0 Å². The molecule has 1 atom stereocenters. The molecule has 1 N–H and O–H groups in total. The highest BCUT2D eigenvalue weighted by atomic mass is 19.4. The second-order valence-corrected chi connectivity index (χ2v) is 6.87. The Kier molecular flexibility index (Phi) is 4.99. The molecule has 2 aromatic rings. The van der Waals surface area contributed by atoms with Crippen molar-refractivity contribution in [3.8, 4) is 5.75 Å². The summed E-state index contributed by atoms with van der Waals surface area (Å²) in [6.45, 7) is 2.52. The van der Waals surface area contributed by atoms with Crippen LogP contribution in [0.15, 0.2) is 47.4 Å². The molecule has 3 rings (SSSR count). The Morgan fingerprint density at radius 3 is 2.59 bits per heavy atom. The van der Waals surface area contributed by atoms with Crippen molar-refractivity contribution in [3.63, 3.8) is 0 Å². The molecule has 0 saturated carbocycles. The van der Waals surface area contributed by atoms with Crippen molar-refractivity contribution in [2.75, 3.05) is 6.54 Å². The van der Waals surface area contributed by atoms with E-state index in [1.165, 1.54) is 24.4 Å². The summed E-state index contributed by atoms with van der Waals surface area (Å²) in [5, 5.41) is 0. The number of carbonyl (C=O) groups is 1. The molecule has 0 spiro atoms. The minimum Gasteiger partial charge on any atom is -0.406 e. The van der Waals surface area contributed by atoms with E-state index in [0.717, 1.165) is 18.4 Å². The van der Waals surface area contributed by atoms with E-state index in [0.29, 0.717) is 18.5 Å². The van der Waals surface area contributed by atoms with Gasteiger partial charge in [0.15, 0.2) is 0 Å². The van der Waals surface area contributed by atoms with Crippen LogP contribution >= 0.6 is 0 Å². The first kappa shape index (κ1) is 19.0. The van der Waals surface area contributed by atoms with Gasteiger partial charge in [0.1, 0.15) is 5.75 Å². The molecular weight excluding hydrogens is 361 g/mol. The Morgan fingerprint density at radius 2 is 1.96 bits per heavy atom. The molecule has 2 heterocycles. The van der Waals surface area contributed by atoms with E-state index in [9.17, 15) is 22.8 Å². The van der Waals surface area contributed by atoms with Gasteiger partial charge in [0.25, 0.3) is 5.91 Å². The minimum atomic E-state index is -4.73. The number of likely N-dealkylation sites (tertiary alicyclic amines) is 1. The number of alkyl halides is 3. The van der Waals surface area contributed by atoms with Gasteiger partial charge in [-0.15, -0.1) is 13.2 Å². The van der Waals surface area contributed by atoms with E-state index in [1.807, 2.05) is 6.92 Å². The molecule has 1 aromatic carbocycles. The number of H-pyrrole nitrogens is 1. The van der Waals surface area contributed by atoms with Crippen LogP contribution < -0.4 is 10.3 Å². The van der Waals surface area contributed by atoms with Crippen LogP contribution in [0.3, 0.4) is 0 Å². The van der Waals surface area contributed by atoms with Gasteiger partial charge in [0.2, 0.25) is 5.56 Å². The molecule has 0 radical (unpaired) electrons. The van der Waals surface area contributed by atoms with E-state index in [2.05, 4.69) is 9.72 Å². The lowest BCUT2D eigenvalue weighted by molar-refractivity contribution is -0.274. The molecule has 1 unspecified atom stereocenters. The van der Waals surface area contributed by atoms with E-state index in [1.54, 1.807) is 23.1 Å². The van der Waals surface area contributed by atoms with Gasteiger partial charge in [-0.3, -0.25) is 9.59 Å². The maximum Gasteiger partial charge on any atom is 0.573 e. The maximum absolute atomic E-state index is 12.8. The molecule has 144 valence electrons. The van der Waals surface area contributed by atoms with Crippen LogP contribution in [0, 0.1) is 0 Å². The van der Waals surface area contributed by atoms with Gasteiger partial charge in [-0.2, -0.15) is 0 Å². The van der Waals surface area contributed by atoms with Crippen molar-refractivity contribution >= 4 is 5.91 Å². The number of rotatable bonds is 4. The molecule has 0 bridgehead atoms. The fourth-order valence-corrected chi connectivity index (χ4v) is 3.54. The molecule has 1 aliphatic heterocycles. The highest BCUT2D eigenvalue weighted by molar-refractivity contribution is 5.94. The molecule has 5 nitrogen and oxygen atoms in total. The van der Waals surface area contributed by atoms with E-state index in [-0.39, 0.29) is 17.2 Å². The number of aromatic amines is 1. The van der Waals surface area contributed by atoms with Crippen molar-refractivity contribution in [2.24, 2.45) is 0 Å². The van der Waals surface area contributed by atoms with Gasteiger partial charge in [0.05, 0.1) is 0 Å². The number of carbonyl (C=O) groups excluding carboxylic acids is 1. The summed E-state index contributed by atoms with van der Waals surface area (Å²) in [5.41, 5.74) is 0.298. The number of nitrogens with zero attached hydrogens (tertiary/aromatic N) is 1. The van der Waals surface area contributed by atoms with Crippen molar-refractivity contribution in [1.29, 1.82) is 0 Å². The average Bonchev–Trinajstić information content (AvgIpc) is 2.96. The normalized spacial score (nSPS) is 19.9. The number of aromatic nitrogens is 1. The summed E-state index contributed by atoms with van der Waals surface area (Å²) in [5.74, 6) is -0.502. The summed E-state index contributed by atoms with van der Waals surface area (Å²) in [4.78, 5) is 28.5. The van der Waals surface area contributed by atoms with Gasteiger partial charge in [-0.25, -0.2) is 0 Å².